The molecule has 2 aromatic rings. The van der Waals surface area contributed by atoms with Crippen LogP contribution in [0.4, 0.5) is 11.8 Å². The van der Waals surface area contributed by atoms with Crippen molar-refractivity contribution in [1.82, 2.24) is 19.7 Å². The fourth-order valence-electron chi connectivity index (χ4n) is 1.55. The second-order valence-electron chi connectivity index (χ2n) is 3.81. The summed E-state index contributed by atoms with van der Waals surface area (Å²) in [6.07, 6.45) is 2.73. The molecule has 3 N–H and O–H groups in total. The predicted molar refractivity (Wildman–Crippen MR) is 68.4 cm³/mol. The fraction of sp³-hybridized carbons (Fsp3) is 0.364. The Labute approximate surface area is 105 Å². The van der Waals surface area contributed by atoms with Crippen molar-refractivity contribution in [3.8, 4) is 5.88 Å². The molecule has 7 nitrogen and oxygen atoms in total. The lowest BCUT2D eigenvalue weighted by atomic mass is 10.3. The van der Waals surface area contributed by atoms with Gasteiger partial charge in [0, 0.05) is 32.3 Å². The summed E-state index contributed by atoms with van der Waals surface area (Å²) in [6, 6.07) is 3.69. The van der Waals surface area contributed by atoms with E-state index in [4.69, 9.17) is 10.5 Å². The molecule has 0 radical (unpaired) electrons. The molecule has 0 aliphatic carbocycles. The van der Waals surface area contributed by atoms with E-state index >= 15 is 0 Å². The van der Waals surface area contributed by atoms with Gasteiger partial charge in [0.1, 0.15) is 5.82 Å². The normalized spacial score (nSPS) is 10.3. The van der Waals surface area contributed by atoms with Crippen molar-refractivity contribution in [2.24, 2.45) is 7.05 Å². The Morgan fingerprint density at radius 1 is 1.44 bits per heavy atom. The van der Waals surface area contributed by atoms with Gasteiger partial charge in [-0.05, 0) is 6.07 Å². The van der Waals surface area contributed by atoms with E-state index in [2.05, 4.69) is 20.4 Å². The van der Waals surface area contributed by atoms with Crippen LogP contribution < -0.4 is 15.8 Å². The molecule has 0 amide bonds. The maximum absolute atomic E-state index is 5.56. The van der Waals surface area contributed by atoms with Crippen LogP contribution >= 0.6 is 0 Å². The highest BCUT2D eigenvalue weighted by molar-refractivity contribution is 5.42. The first-order valence-corrected chi connectivity index (χ1v) is 5.58. The molecule has 18 heavy (non-hydrogen) atoms. The van der Waals surface area contributed by atoms with Crippen molar-refractivity contribution in [3.63, 3.8) is 0 Å². The molecule has 0 unspecified atom stereocenters. The minimum absolute atomic E-state index is 0.190. The summed E-state index contributed by atoms with van der Waals surface area (Å²) in [6.45, 7) is 0.719. The van der Waals surface area contributed by atoms with Gasteiger partial charge in [-0.2, -0.15) is 15.1 Å². The summed E-state index contributed by atoms with van der Waals surface area (Å²) in [5.74, 6) is 1.29. The van der Waals surface area contributed by atoms with Crippen molar-refractivity contribution in [2.75, 3.05) is 24.7 Å². The largest absolute Gasteiger partial charge is 0.481 e. The Hall–Kier alpha value is -2.31. The van der Waals surface area contributed by atoms with Gasteiger partial charge in [0.15, 0.2) is 0 Å². The summed E-state index contributed by atoms with van der Waals surface area (Å²) in [7, 11) is 3.44. The molecule has 96 valence electrons. The van der Waals surface area contributed by atoms with Gasteiger partial charge >= 0.3 is 0 Å². The van der Waals surface area contributed by atoms with Crippen LogP contribution in [0.2, 0.25) is 0 Å². The molecular formula is C11H16N6O. The second kappa shape index (κ2) is 5.35. The smallest absolute Gasteiger partial charge is 0.225 e. The molecule has 0 spiro atoms. The number of aromatic nitrogens is 4. The SMILES string of the molecule is COc1cc(NCCc2ccn(C)n2)nc(N)n1. The highest BCUT2D eigenvalue weighted by atomic mass is 16.5. The van der Waals surface area contributed by atoms with Crippen LogP contribution in [0.3, 0.4) is 0 Å². The molecule has 7 heteroatoms. The van der Waals surface area contributed by atoms with Crippen molar-refractivity contribution in [2.45, 2.75) is 6.42 Å². The maximum Gasteiger partial charge on any atom is 0.225 e. The molecule has 0 atom stereocenters. The van der Waals surface area contributed by atoms with Gasteiger partial charge in [0.05, 0.1) is 12.8 Å². The van der Waals surface area contributed by atoms with E-state index in [0.29, 0.717) is 11.7 Å². The number of nitrogen functional groups attached to an aromatic ring is 1. The van der Waals surface area contributed by atoms with Crippen LogP contribution in [0.25, 0.3) is 0 Å². The number of anilines is 2. The van der Waals surface area contributed by atoms with E-state index in [1.165, 1.54) is 0 Å². The Morgan fingerprint density at radius 3 is 2.94 bits per heavy atom. The summed E-state index contributed by atoms with van der Waals surface area (Å²) < 4.78 is 6.80. The van der Waals surface area contributed by atoms with Crippen molar-refractivity contribution < 1.29 is 4.74 Å². The number of ether oxygens (including phenoxy) is 1. The van der Waals surface area contributed by atoms with Crippen molar-refractivity contribution in [1.29, 1.82) is 0 Å². The van der Waals surface area contributed by atoms with Crippen LogP contribution in [0.1, 0.15) is 5.69 Å². The summed E-state index contributed by atoms with van der Waals surface area (Å²) in [5, 5.41) is 7.45. The van der Waals surface area contributed by atoms with E-state index < -0.39 is 0 Å². The summed E-state index contributed by atoms with van der Waals surface area (Å²) >= 11 is 0. The quantitative estimate of drug-likeness (QED) is 0.798. The number of aryl methyl sites for hydroxylation is 1. The molecule has 0 aliphatic heterocycles. The van der Waals surface area contributed by atoms with Gasteiger partial charge in [-0.15, -0.1) is 0 Å². The number of nitrogens with zero attached hydrogens (tertiary/aromatic N) is 4. The van der Waals surface area contributed by atoms with Gasteiger partial charge in [0.25, 0.3) is 0 Å². The third-order valence-electron chi connectivity index (χ3n) is 2.39. The van der Waals surface area contributed by atoms with E-state index in [9.17, 15) is 0 Å². The molecule has 0 fully saturated rings. The third-order valence-corrected chi connectivity index (χ3v) is 2.39. The number of hydrogen-bond donors (Lipinski definition) is 2. The first kappa shape index (κ1) is 12.2. The number of nitrogens with two attached hydrogens (primary N) is 1. The highest BCUT2D eigenvalue weighted by Gasteiger charge is 2.02. The first-order chi connectivity index (χ1) is 8.67. The predicted octanol–water partition coefficient (Wildman–Crippen LogP) is 0.455. The molecule has 0 bridgehead atoms. The summed E-state index contributed by atoms with van der Waals surface area (Å²) in [5.41, 5.74) is 6.59. The standard InChI is InChI=1S/C11H16N6O/c1-17-6-4-8(16-17)3-5-13-9-7-10(18-2)15-11(12)14-9/h4,6-7H,3,5H2,1-2H3,(H3,12,13,14,15). The highest BCUT2D eigenvalue weighted by Crippen LogP contribution is 2.13. The lowest BCUT2D eigenvalue weighted by Gasteiger charge is -2.06. The van der Waals surface area contributed by atoms with Gasteiger partial charge in [0.2, 0.25) is 11.8 Å². The average molecular weight is 248 g/mol. The van der Waals surface area contributed by atoms with Gasteiger partial charge in [-0.1, -0.05) is 0 Å². The maximum atomic E-state index is 5.56. The van der Waals surface area contributed by atoms with Crippen LogP contribution in [0.5, 0.6) is 5.88 Å². The Kier molecular flexibility index (Phi) is 3.61. The van der Waals surface area contributed by atoms with Crippen LogP contribution in [-0.4, -0.2) is 33.4 Å². The second-order valence-corrected chi connectivity index (χ2v) is 3.81. The third kappa shape index (κ3) is 3.09. The lowest BCUT2D eigenvalue weighted by molar-refractivity contribution is 0.398. The van der Waals surface area contributed by atoms with E-state index in [1.807, 2.05) is 19.3 Å². The van der Waals surface area contributed by atoms with E-state index in [-0.39, 0.29) is 5.95 Å². The zero-order valence-corrected chi connectivity index (χ0v) is 10.4. The molecule has 2 heterocycles. The molecule has 0 aliphatic rings. The average Bonchev–Trinajstić information content (AvgIpc) is 2.74. The number of hydrogen-bond acceptors (Lipinski definition) is 6. The van der Waals surface area contributed by atoms with Crippen LogP contribution in [0.15, 0.2) is 18.3 Å². The molecule has 0 aromatic carbocycles. The minimum Gasteiger partial charge on any atom is -0.481 e. The zero-order chi connectivity index (χ0) is 13.0. The van der Waals surface area contributed by atoms with Crippen molar-refractivity contribution in [3.05, 3.63) is 24.0 Å². The number of methoxy groups -OCH3 is 1. The topological polar surface area (TPSA) is 90.9 Å². The number of nitrogens with one attached hydrogen (secondary N) is 1. The summed E-state index contributed by atoms with van der Waals surface area (Å²) in [4.78, 5) is 7.98. The molecule has 2 rings (SSSR count). The number of rotatable bonds is 5. The fourth-order valence-corrected chi connectivity index (χ4v) is 1.55. The minimum atomic E-state index is 0.190. The van der Waals surface area contributed by atoms with Crippen molar-refractivity contribution >= 4 is 11.8 Å². The Balaban J connectivity index is 1.91. The molecule has 2 aromatic heterocycles. The van der Waals surface area contributed by atoms with Gasteiger partial charge in [-0.3, -0.25) is 4.68 Å². The Bertz CT molecular complexity index is 524. The first-order valence-electron chi connectivity index (χ1n) is 5.58. The van der Waals surface area contributed by atoms with E-state index in [1.54, 1.807) is 17.9 Å². The molecule has 0 saturated carbocycles. The van der Waals surface area contributed by atoms with E-state index in [0.717, 1.165) is 18.7 Å². The van der Waals surface area contributed by atoms with Crippen LogP contribution in [0, 0.1) is 0 Å². The Morgan fingerprint density at radius 2 is 2.28 bits per heavy atom. The molecular weight excluding hydrogens is 232 g/mol. The zero-order valence-electron chi connectivity index (χ0n) is 10.4. The van der Waals surface area contributed by atoms with Gasteiger partial charge in [-0.25, -0.2) is 0 Å². The monoisotopic (exact) mass is 248 g/mol. The molecule has 0 saturated heterocycles. The lowest BCUT2D eigenvalue weighted by Crippen LogP contribution is -2.09. The van der Waals surface area contributed by atoms with Gasteiger partial charge < -0.3 is 15.8 Å². The van der Waals surface area contributed by atoms with Crippen LogP contribution in [-0.2, 0) is 13.5 Å².